The summed E-state index contributed by atoms with van der Waals surface area (Å²) < 4.78 is 25.0. The minimum Gasteiger partial charge on any atom is -0.307 e. The molecule has 0 saturated carbocycles. The molecule has 3 N–H and O–H groups in total. The zero-order valence-electron chi connectivity index (χ0n) is 14.7. The van der Waals surface area contributed by atoms with Gasteiger partial charge in [0, 0.05) is 30.3 Å². The van der Waals surface area contributed by atoms with Crippen LogP contribution >= 0.6 is 11.6 Å². The van der Waals surface area contributed by atoms with Crippen molar-refractivity contribution < 1.29 is 8.42 Å². The van der Waals surface area contributed by atoms with Gasteiger partial charge in [0.15, 0.2) is 5.82 Å². The van der Waals surface area contributed by atoms with E-state index in [-0.39, 0.29) is 6.54 Å². The lowest BCUT2D eigenvalue weighted by Gasteiger charge is -2.10. The normalized spacial score (nSPS) is 11.5. The first-order chi connectivity index (χ1) is 12.8. The summed E-state index contributed by atoms with van der Waals surface area (Å²) in [5.41, 5.74) is 1.32. The Morgan fingerprint density at radius 3 is 2.63 bits per heavy atom. The van der Waals surface area contributed by atoms with Crippen molar-refractivity contribution in [3.8, 4) is 11.4 Å². The van der Waals surface area contributed by atoms with Crippen LogP contribution in [0.1, 0.15) is 11.5 Å². The van der Waals surface area contributed by atoms with Gasteiger partial charge in [-0.3, -0.25) is 5.10 Å². The van der Waals surface area contributed by atoms with E-state index in [1.165, 1.54) is 0 Å². The highest BCUT2D eigenvalue weighted by Gasteiger charge is 2.12. The fourth-order valence-electron chi connectivity index (χ4n) is 2.33. The second kappa shape index (κ2) is 7.99. The van der Waals surface area contributed by atoms with Crippen LogP contribution in [0, 0.1) is 6.92 Å². The maximum absolute atomic E-state index is 11.3. The summed E-state index contributed by atoms with van der Waals surface area (Å²) in [6.45, 7) is 2.01. The SMILES string of the molecule is Cc1nc(Nc2cc(CCNS(C)(=O)=O)nc(-c3ccccc3Cl)n2)n[nH]1. The van der Waals surface area contributed by atoms with Crippen molar-refractivity contribution in [2.75, 3.05) is 18.1 Å². The standard InChI is InChI=1S/C16H18ClN7O2S/c1-10-19-16(24-23-10)22-14-9-11(7-8-18-27(2,25)26)20-15(21-14)12-5-3-4-6-13(12)17/h3-6,9,18H,7-8H2,1-2H3,(H2,19,20,21,22,23,24). The predicted octanol–water partition coefficient (Wildman–Crippen LogP) is 2.06. The highest BCUT2D eigenvalue weighted by Crippen LogP contribution is 2.26. The van der Waals surface area contributed by atoms with Gasteiger partial charge in [0.05, 0.1) is 11.3 Å². The van der Waals surface area contributed by atoms with Crippen molar-refractivity contribution in [3.05, 3.63) is 46.9 Å². The van der Waals surface area contributed by atoms with Gasteiger partial charge < -0.3 is 5.32 Å². The Morgan fingerprint density at radius 1 is 1.19 bits per heavy atom. The van der Waals surface area contributed by atoms with Crippen LogP contribution in [0.25, 0.3) is 11.4 Å². The Hall–Kier alpha value is -2.56. The van der Waals surface area contributed by atoms with Crippen LogP contribution < -0.4 is 10.0 Å². The maximum Gasteiger partial charge on any atom is 0.247 e. The molecule has 0 amide bonds. The number of H-pyrrole nitrogens is 1. The predicted molar refractivity (Wildman–Crippen MR) is 103 cm³/mol. The van der Waals surface area contributed by atoms with E-state index in [9.17, 15) is 8.42 Å². The highest BCUT2D eigenvalue weighted by molar-refractivity contribution is 7.88. The Kier molecular flexibility index (Phi) is 5.68. The Labute approximate surface area is 161 Å². The Morgan fingerprint density at radius 2 is 1.96 bits per heavy atom. The first kappa shape index (κ1) is 19.2. The maximum atomic E-state index is 11.3. The summed E-state index contributed by atoms with van der Waals surface area (Å²) in [5, 5.41) is 10.3. The van der Waals surface area contributed by atoms with E-state index in [2.05, 4.69) is 35.2 Å². The Balaban J connectivity index is 1.93. The van der Waals surface area contributed by atoms with Gasteiger partial charge >= 0.3 is 0 Å². The van der Waals surface area contributed by atoms with Gasteiger partial charge in [0.2, 0.25) is 16.0 Å². The smallest absolute Gasteiger partial charge is 0.247 e. The zero-order valence-corrected chi connectivity index (χ0v) is 16.3. The number of anilines is 2. The molecule has 3 rings (SSSR count). The molecule has 0 unspecified atom stereocenters. The molecule has 3 aromatic rings. The monoisotopic (exact) mass is 407 g/mol. The van der Waals surface area contributed by atoms with E-state index in [4.69, 9.17) is 11.6 Å². The van der Waals surface area contributed by atoms with Gasteiger partial charge in [-0.25, -0.2) is 23.1 Å². The van der Waals surface area contributed by atoms with Crippen molar-refractivity contribution in [3.63, 3.8) is 0 Å². The lowest BCUT2D eigenvalue weighted by Crippen LogP contribution is -2.24. The van der Waals surface area contributed by atoms with Gasteiger partial charge in [-0.2, -0.15) is 4.98 Å². The fourth-order valence-corrected chi connectivity index (χ4v) is 3.02. The minimum atomic E-state index is -3.27. The zero-order chi connectivity index (χ0) is 19.4. The number of aromatic nitrogens is 5. The fraction of sp³-hybridized carbons (Fsp3) is 0.250. The molecule has 0 fully saturated rings. The first-order valence-corrected chi connectivity index (χ1v) is 10.3. The summed E-state index contributed by atoms with van der Waals surface area (Å²) in [6.07, 6.45) is 1.50. The summed E-state index contributed by atoms with van der Waals surface area (Å²) in [6, 6.07) is 8.95. The van der Waals surface area contributed by atoms with Crippen LogP contribution in [-0.2, 0) is 16.4 Å². The largest absolute Gasteiger partial charge is 0.307 e. The van der Waals surface area contributed by atoms with Crippen LogP contribution in [-0.4, -0.2) is 46.4 Å². The molecule has 0 radical (unpaired) electrons. The average Bonchev–Trinajstić information content (AvgIpc) is 2.99. The molecule has 0 atom stereocenters. The number of sulfonamides is 1. The van der Waals surface area contributed by atoms with E-state index in [0.717, 1.165) is 6.26 Å². The molecule has 1 aromatic carbocycles. The second-order valence-electron chi connectivity index (χ2n) is 5.83. The van der Waals surface area contributed by atoms with Crippen LogP contribution in [0.5, 0.6) is 0 Å². The van der Waals surface area contributed by atoms with Crippen molar-refractivity contribution in [2.24, 2.45) is 0 Å². The van der Waals surface area contributed by atoms with Crippen LogP contribution in [0.2, 0.25) is 5.02 Å². The van der Waals surface area contributed by atoms with E-state index < -0.39 is 10.0 Å². The number of rotatable bonds is 7. The van der Waals surface area contributed by atoms with E-state index in [1.807, 2.05) is 18.2 Å². The van der Waals surface area contributed by atoms with Gasteiger partial charge in [-0.1, -0.05) is 23.7 Å². The molecule has 142 valence electrons. The number of nitrogens with zero attached hydrogens (tertiary/aromatic N) is 4. The first-order valence-electron chi connectivity index (χ1n) is 8.04. The van der Waals surface area contributed by atoms with E-state index >= 15 is 0 Å². The molecule has 0 bridgehead atoms. The van der Waals surface area contributed by atoms with Crippen molar-refractivity contribution in [1.29, 1.82) is 0 Å². The third-order valence-corrected chi connectivity index (χ3v) is 4.53. The number of benzene rings is 1. The lowest BCUT2D eigenvalue weighted by molar-refractivity contribution is 0.587. The van der Waals surface area contributed by atoms with E-state index in [1.54, 1.807) is 19.1 Å². The summed E-state index contributed by atoms with van der Waals surface area (Å²) >= 11 is 6.27. The molecule has 27 heavy (non-hydrogen) atoms. The van der Waals surface area contributed by atoms with Gasteiger partial charge in [-0.05, 0) is 19.1 Å². The molecule has 9 nitrogen and oxygen atoms in total. The summed E-state index contributed by atoms with van der Waals surface area (Å²) in [4.78, 5) is 13.2. The molecular formula is C16H18ClN7O2S. The van der Waals surface area contributed by atoms with Gasteiger partial charge in [-0.15, -0.1) is 5.10 Å². The van der Waals surface area contributed by atoms with Crippen LogP contribution in [0.4, 0.5) is 11.8 Å². The number of aromatic amines is 1. The number of aryl methyl sites for hydroxylation is 1. The molecule has 2 heterocycles. The molecule has 2 aromatic heterocycles. The average molecular weight is 408 g/mol. The number of nitrogens with one attached hydrogen (secondary N) is 3. The third kappa shape index (κ3) is 5.46. The van der Waals surface area contributed by atoms with Crippen LogP contribution in [0.3, 0.4) is 0 Å². The lowest BCUT2D eigenvalue weighted by atomic mass is 10.2. The molecule has 0 aliphatic carbocycles. The molecule has 0 saturated heterocycles. The molecule has 0 spiro atoms. The van der Waals surface area contributed by atoms with E-state index in [0.29, 0.717) is 46.1 Å². The number of halogens is 1. The van der Waals surface area contributed by atoms with Crippen LogP contribution in [0.15, 0.2) is 30.3 Å². The van der Waals surface area contributed by atoms with Gasteiger partial charge in [0.1, 0.15) is 11.6 Å². The topological polar surface area (TPSA) is 126 Å². The molecule has 11 heteroatoms. The molecular weight excluding hydrogens is 390 g/mol. The molecule has 0 aliphatic heterocycles. The number of hydrogen-bond donors (Lipinski definition) is 3. The van der Waals surface area contributed by atoms with Gasteiger partial charge in [0.25, 0.3) is 0 Å². The summed E-state index contributed by atoms with van der Waals surface area (Å²) in [7, 11) is -3.27. The second-order valence-corrected chi connectivity index (χ2v) is 8.07. The number of hydrogen-bond acceptors (Lipinski definition) is 7. The minimum absolute atomic E-state index is 0.219. The van der Waals surface area contributed by atoms with Crippen molar-refractivity contribution >= 4 is 33.4 Å². The quantitative estimate of drug-likeness (QED) is 0.547. The molecule has 0 aliphatic rings. The highest BCUT2D eigenvalue weighted by atomic mass is 35.5. The van der Waals surface area contributed by atoms with Crippen molar-refractivity contribution in [2.45, 2.75) is 13.3 Å². The summed E-state index contributed by atoms with van der Waals surface area (Å²) in [5.74, 6) is 1.94. The Bertz CT molecular complexity index is 1050. The third-order valence-electron chi connectivity index (χ3n) is 3.48. The van der Waals surface area contributed by atoms with Crippen molar-refractivity contribution in [1.82, 2.24) is 29.9 Å².